The topological polar surface area (TPSA) is 57.4 Å². The molecular formula is C100H150N4. The summed E-state index contributed by atoms with van der Waals surface area (Å²) in [5.41, 5.74) is 20.5. The number of aryl methyl sites for hydroxylation is 4. The summed E-state index contributed by atoms with van der Waals surface area (Å²) >= 11 is 0. The van der Waals surface area contributed by atoms with Gasteiger partial charge in [0.2, 0.25) is 0 Å². The van der Waals surface area contributed by atoms with Crippen LogP contribution in [-0.4, -0.2) is 19.9 Å². The number of hydrogen-bond acceptors (Lipinski definition) is 2. The van der Waals surface area contributed by atoms with Gasteiger partial charge in [-0.05, 0) is 51.4 Å². The van der Waals surface area contributed by atoms with Gasteiger partial charge in [-0.25, -0.2) is 9.97 Å². The number of fused-ring (bicyclic) bond motifs is 20. The zero-order valence-electron chi connectivity index (χ0n) is 67.6. The molecule has 7 aromatic rings. The van der Waals surface area contributed by atoms with E-state index in [0.29, 0.717) is 0 Å². The van der Waals surface area contributed by atoms with Crippen molar-refractivity contribution < 1.29 is 0 Å². The van der Waals surface area contributed by atoms with Gasteiger partial charge in [-0.15, -0.1) is 0 Å². The van der Waals surface area contributed by atoms with E-state index >= 15 is 0 Å². The molecule has 2 aliphatic heterocycles. The van der Waals surface area contributed by atoms with Gasteiger partial charge in [0, 0.05) is 66.1 Å². The van der Waals surface area contributed by atoms with Crippen LogP contribution >= 0.6 is 0 Å². The third-order valence-electron chi connectivity index (χ3n) is 24.2. The first kappa shape index (κ1) is 82.6. The number of benzene rings is 4. The number of nitrogens with one attached hydrogen (secondary N) is 2. The van der Waals surface area contributed by atoms with E-state index in [9.17, 15) is 0 Å². The highest BCUT2D eigenvalue weighted by molar-refractivity contribution is 6.13. The Bertz CT molecular complexity index is 3180. The number of aromatic nitrogens is 4. The molecule has 0 aliphatic carbocycles. The molecule has 570 valence electrons. The van der Waals surface area contributed by atoms with Crippen LogP contribution < -0.4 is 0 Å². The molecule has 0 saturated heterocycles. The summed E-state index contributed by atoms with van der Waals surface area (Å²) in [6.07, 6.45) is 80.1. The zero-order valence-corrected chi connectivity index (χ0v) is 67.6. The third-order valence-corrected chi connectivity index (χ3v) is 24.2. The lowest BCUT2D eigenvalue weighted by atomic mass is 9.94. The second-order valence-corrected chi connectivity index (χ2v) is 32.8. The standard InChI is InChI=1S/C100H150N4/c1-5-9-13-17-21-25-29-33-37-41-45-49-53-57-77-89-93-81-69-61-63-71-83(81)95(101-93)90(78-58-54-50-46-42-38-34-30-26-22-18-14-10-6-2)97-85-73-65-67-75-87(85)99(103-97)92(80-60-56-52-48-44-40-36-32-28-24-20-16-12-8-4)100-88-76-68-66-74-86(88)98(104-100)91(96-84-72-64-62-70-82(84)94(89)102-96)79-59-55-51-47-43-39-35-31-27-23-19-15-11-7-3/h61-76,101,104H,5-60,77-80H2,1-4H3. The van der Waals surface area contributed by atoms with E-state index in [1.54, 1.807) is 0 Å². The number of aromatic amines is 2. The van der Waals surface area contributed by atoms with E-state index in [1.165, 1.54) is 445 Å². The van der Waals surface area contributed by atoms with E-state index in [4.69, 9.17) is 9.97 Å². The van der Waals surface area contributed by atoms with Crippen molar-refractivity contribution >= 4 is 43.6 Å². The van der Waals surface area contributed by atoms with E-state index in [-0.39, 0.29) is 0 Å². The molecule has 0 spiro atoms. The first-order valence-corrected chi connectivity index (χ1v) is 45.4. The molecule has 4 nitrogen and oxygen atoms in total. The van der Waals surface area contributed by atoms with E-state index < -0.39 is 0 Å². The smallest absolute Gasteiger partial charge is 0.0769 e. The van der Waals surface area contributed by atoms with Gasteiger partial charge in [0.05, 0.1) is 44.8 Å². The molecule has 0 fully saturated rings. The fourth-order valence-corrected chi connectivity index (χ4v) is 17.9. The van der Waals surface area contributed by atoms with Crippen LogP contribution in [0.15, 0.2) is 97.1 Å². The van der Waals surface area contributed by atoms with Crippen molar-refractivity contribution in [2.75, 3.05) is 0 Å². The van der Waals surface area contributed by atoms with Crippen molar-refractivity contribution in [1.29, 1.82) is 0 Å². The lowest BCUT2D eigenvalue weighted by Crippen LogP contribution is -1.95. The van der Waals surface area contributed by atoms with Gasteiger partial charge in [-0.3, -0.25) is 0 Å². The zero-order chi connectivity index (χ0) is 72.1. The highest BCUT2D eigenvalue weighted by atomic mass is 14.8. The highest BCUT2D eigenvalue weighted by Gasteiger charge is 2.28. The molecule has 4 aromatic carbocycles. The number of hydrogen-bond donors (Lipinski definition) is 2. The number of nitrogens with zero attached hydrogens (tertiary/aromatic N) is 2. The van der Waals surface area contributed by atoms with Crippen LogP contribution in [0, 0.1) is 0 Å². The molecule has 2 aliphatic rings. The second-order valence-electron chi connectivity index (χ2n) is 32.8. The van der Waals surface area contributed by atoms with Crippen LogP contribution in [-0.2, 0) is 25.7 Å². The molecule has 9 rings (SSSR count). The summed E-state index contributed by atoms with van der Waals surface area (Å²) in [7, 11) is 0. The molecule has 0 atom stereocenters. The predicted molar refractivity (Wildman–Crippen MR) is 461 cm³/mol. The van der Waals surface area contributed by atoms with Crippen LogP contribution in [0.5, 0.6) is 0 Å². The van der Waals surface area contributed by atoms with E-state index in [0.717, 1.165) is 51.4 Å². The molecule has 0 amide bonds. The van der Waals surface area contributed by atoms with Gasteiger partial charge in [0.1, 0.15) is 0 Å². The Morgan fingerprint density at radius 2 is 0.327 bits per heavy atom. The lowest BCUT2D eigenvalue weighted by molar-refractivity contribution is 0.535. The first-order valence-electron chi connectivity index (χ1n) is 45.4. The minimum absolute atomic E-state index is 0.986. The molecule has 104 heavy (non-hydrogen) atoms. The van der Waals surface area contributed by atoms with Crippen molar-refractivity contribution in [3.05, 3.63) is 119 Å². The Labute approximate surface area is 637 Å². The molecule has 2 N–H and O–H groups in total. The maximum atomic E-state index is 6.22. The molecule has 3 aromatic heterocycles. The summed E-state index contributed by atoms with van der Waals surface area (Å²) in [4.78, 5) is 21.3. The van der Waals surface area contributed by atoms with Crippen LogP contribution in [0.25, 0.3) is 88.6 Å². The number of unbranched alkanes of at least 4 members (excludes halogenated alkanes) is 52. The second kappa shape index (κ2) is 50.2. The van der Waals surface area contributed by atoms with Crippen molar-refractivity contribution in [3.63, 3.8) is 0 Å². The Morgan fingerprint density at radius 1 is 0.183 bits per heavy atom. The molecule has 4 heteroatoms. The highest BCUT2D eigenvalue weighted by Crippen LogP contribution is 2.47. The predicted octanol–water partition coefficient (Wildman–Crippen LogP) is 33.4. The SMILES string of the molecule is CCCCCCCCCCCCCCCCc1c2nc(c(CCCCCCCCCCCCCCCC)c3[nH]c(c(CCCCCCCCCCCCCCCC)c4nc(c(CCCCCCCCCCCCCCCC)c5[nH]c1c1ccccc51)-c1ccccc1-4)c1ccccc31)-c1ccccc1-2. The van der Waals surface area contributed by atoms with Crippen LogP contribution in [0.4, 0.5) is 0 Å². The molecule has 5 heterocycles. The Hall–Kier alpha value is -5.48. The first-order chi connectivity index (χ1) is 51.7. The fourth-order valence-electron chi connectivity index (χ4n) is 17.9. The van der Waals surface area contributed by atoms with Gasteiger partial charge < -0.3 is 9.97 Å². The number of H-pyrrole nitrogens is 2. The molecule has 8 bridgehead atoms. The van der Waals surface area contributed by atoms with Crippen LogP contribution in [0.2, 0.25) is 0 Å². The summed E-state index contributed by atoms with van der Waals surface area (Å²) in [5, 5.41) is 5.30. The summed E-state index contributed by atoms with van der Waals surface area (Å²) < 4.78 is 0. The summed E-state index contributed by atoms with van der Waals surface area (Å²) in [5.74, 6) is 0. The van der Waals surface area contributed by atoms with Crippen molar-refractivity contribution in [1.82, 2.24) is 19.9 Å². The molecule has 0 radical (unpaired) electrons. The van der Waals surface area contributed by atoms with Gasteiger partial charge in [0.25, 0.3) is 0 Å². The van der Waals surface area contributed by atoms with Crippen molar-refractivity contribution in [3.8, 4) is 45.0 Å². The maximum Gasteiger partial charge on any atom is 0.0769 e. The quantitative estimate of drug-likeness (QED) is 0.0373. The molecular weight excluding hydrogens is 1260 g/mol. The van der Waals surface area contributed by atoms with Crippen molar-refractivity contribution in [2.45, 2.75) is 413 Å². The van der Waals surface area contributed by atoms with Gasteiger partial charge in [-0.1, -0.05) is 459 Å². The van der Waals surface area contributed by atoms with Crippen LogP contribution in [0.1, 0.15) is 410 Å². The number of rotatable bonds is 60. The minimum atomic E-state index is 0.986. The normalized spacial score (nSPS) is 12.0. The van der Waals surface area contributed by atoms with Gasteiger partial charge >= 0.3 is 0 Å². The average Bonchev–Trinajstić information content (AvgIpc) is 1.58. The summed E-state index contributed by atoms with van der Waals surface area (Å²) in [6.45, 7) is 9.31. The Balaban J connectivity index is 1.11. The van der Waals surface area contributed by atoms with E-state index in [2.05, 4.69) is 135 Å². The van der Waals surface area contributed by atoms with Crippen molar-refractivity contribution in [2.24, 2.45) is 0 Å². The fraction of sp³-hybridized carbons (Fsp3) is 0.640. The Morgan fingerprint density at radius 3 is 0.490 bits per heavy atom. The lowest BCUT2D eigenvalue weighted by Gasteiger charge is -2.09. The summed E-state index contributed by atoms with van der Waals surface area (Å²) in [6, 6.07) is 37.8. The average molecular weight is 1410 g/mol. The Kier molecular flexibility index (Phi) is 39.9. The monoisotopic (exact) mass is 1410 g/mol. The molecule has 0 saturated carbocycles. The van der Waals surface area contributed by atoms with E-state index in [1.807, 2.05) is 0 Å². The third kappa shape index (κ3) is 26.4. The molecule has 0 unspecified atom stereocenters. The maximum absolute atomic E-state index is 6.22. The minimum Gasteiger partial charge on any atom is -0.354 e. The van der Waals surface area contributed by atoms with Gasteiger partial charge in [-0.2, -0.15) is 0 Å². The largest absolute Gasteiger partial charge is 0.354 e. The van der Waals surface area contributed by atoms with Crippen LogP contribution in [0.3, 0.4) is 0 Å². The van der Waals surface area contributed by atoms with Gasteiger partial charge in [0.15, 0.2) is 0 Å².